The number of aromatic carboxylic acids is 1. The summed E-state index contributed by atoms with van der Waals surface area (Å²) in [5, 5.41) is 8.91. The Hall–Kier alpha value is -2.62. The molecule has 2 aromatic carbocycles. The normalized spacial score (nSPS) is 16.8. The minimum absolute atomic E-state index is 0.192. The summed E-state index contributed by atoms with van der Waals surface area (Å²) in [7, 11) is 0. The molecule has 1 amide bonds. The maximum absolute atomic E-state index is 12.4. The zero-order valence-electron chi connectivity index (χ0n) is 14.2. The molecule has 4 nitrogen and oxygen atoms in total. The van der Waals surface area contributed by atoms with Gasteiger partial charge in [0.15, 0.2) is 0 Å². The molecular formula is C21H23NO3. The van der Waals surface area contributed by atoms with Crippen LogP contribution in [0, 0.1) is 5.92 Å². The quantitative estimate of drug-likeness (QED) is 0.879. The summed E-state index contributed by atoms with van der Waals surface area (Å²) in [5.41, 5.74) is 2.61. The maximum Gasteiger partial charge on any atom is 0.335 e. The molecule has 130 valence electrons. The topological polar surface area (TPSA) is 57.6 Å². The van der Waals surface area contributed by atoms with E-state index in [2.05, 4.69) is 24.3 Å². The van der Waals surface area contributed by atoms with Crippen molar-refractivity contribution in [2.45, 2.75) is 25.7 Å². The van der Waals surface area contributed by atoms with Crippen molar-refractivity contribution in [3.8, 4) is 0 Å². The Morgan fingerprint density at radius 3 is 2.40 bits per heavy atom. The average molecular weight is 337 g/mol. The lowest BCUT2D eigenvalue weighted by Crippen LogP contribution is -2.29. The Morgan fingerprint density at radius 2 is 1.72 bits per heavy atom. The van der Waals surface area contributed by atoms with E-state index in [1.54, 1.807) is 24.3 Å². The second-order valence-corrected chi connectivity index (χ2v) is 6.69. The molecule has 0 aromatic heterocycles. The molecule has 1 N–H and O–H groups in total. The number of benzene rings is 2. The third-order valence-electron chi connectivity index (χ3n) is 4.83. The van der Waals surface area contributed by atoms with E-state index >= 15 is 0 Å². The van der Waals surface area contributed by atoms with Crippen molar-refractivity contribution in [2.24, 2.45) is 5.92 Å². The number of carboxylic acids is 1. The molecular weight excluding hydrogens is 314 g/mol. The fourth-order valence-corrected chi connectivity index (χ4v) is 3.40. The predicted molar refractivity (Wildman–Crippen MR) is 96.6 cm³/mol. The number of hydrogen-bond acceptors (Lipinski definition) is 2. The summed E-state index contributed by atoms with van der Waals surface area (Å²) >= 11 is 0. The molecule has 2 aromatic rings. The van der Waals surface area contributed by atoms with E-state index in [0.29, 0.717) is 18.8 Å². The molecule has 0 saturated carbocycles. The second-order valence-electron chi connectivity index (χ2n) is 6.69. The lowest BCUT2D eigenvalue weighted by Gasteiger charge is -2.16. The highest BCUT2D eigenvalue weighted by Gasteiger charge is 2.25. The zero-order valence-corrected chi connectivity index (χ0v) is 14.2. The summed E-state index contributed by atoms with van der Waals surface area (Å²) in [6.07, 6.45) is 3.22. The number of likely N-dealkylation sites (tertiary alicyclic amines) is 1. The van der Waals surface area contributed by atoms with Crippen LogP contribution in [0.15, 0.2) is 54.6 Å². The van der Waals surface area contributed by atoms with Crippen molar-refractivity contribution >= 4 is 11.9 Å². The fraction of sp³-hybridized carbons (Fsp3) is 0.333. The van der Waals surface area contributed by atoms with Gasteiger partial charge >= 0.3 is 5.97 Å². The van der Waals surface area contributed by atoms with Gasteiger partial charge < -0.3 is 10.0 Å². The smallest absolute Gasteiger partial charge is 0.335 e. The van der Waals surface area contributed by atoms with Crippen LogP contribution in [0.4, 0.5) is 0 Å². The fourth-order valence-electron chi connectivity index (χ4n) is 3.40. The van der Waals surface area contributed by atoms with Gasteiger partial charge in [-0.2, -0.15) is 0 Å². The van der Waals surface area contributed by atoms with Gasteiger partial charge in [-0.15, -0.1) is 0 Å². The van der Waals surface area contributed by atoms with Gasteiger partial charge in [-0.05, 0) is 48.4 Å². The standard InChI is InChI=1S/C21H23NO3/c23-20(11-8-16-6-9-19(10-7-16)21(24)25)22-13-12-18(15-22)14-17-4-2-1-3-5-17/h1-7,9-10,18H,8,11-15H2,(H,24,25). The van der Waals surface area contributed by atoms with Crippen LogP contribution in [-0.4, -0.2) is 35.0 Å². The molecule has 1 unspecified atom stereocenters. The molecule has 25 heavy (non-hydrogen) atoms. The predicted octanol–water partition coefficient (Wildman–Crippen LogP) is 3.41. The van der Waals surface area contributed by atoms with Crippen molar-refractivity contribution in [1.29, 1.82) is 0 Å². The van der Waals surface area contributed by atoms with Crippen molar-refractivity contribution < 1.29 is 14.7 Å². The summed E-state index contributed by atoms with van der Waals surface area (Å²) in [5.74, 6) is -0.191. The van der Waals surface area contributed by atoms with E-state index in [9.17, 15) is 9.59 Å². The number of carbonyl (C=O) groups excluding carboxylic acids is 1. The number of amides is 1. The highest BCUT2D eigenvalue weighted by Crippen LogP contribution is 2.21. The van der Waals surface area contributed by atoms with Crippen LogP contribution in [0.25, 0.3) is 0 Å². The minimum Gasteiger partial charge on any atom is -0.478 e. The Balaban J connectivity index is 1.46. The van der Waals surface area contributed by atoms with Crippen LogP contribution in [0.2, 0.25) is 0 Å². The first kappa shape index (κ1) is 17.2. The van der Waals surface area contributed by atoms with E-state index in [4.69, 9.17) is 5.11 Å². The first-order chi connectivity index (χ1) is 12.1. The summed E-state index contributed by atoms with van der Waals surface area (Å²) < 4.78 is 0. The third-order valence-corrected chi connectivity index (χ3v) is 4.83. The Labute approximate surface area is 148 Å². The van der Waals surface area contributed by atoms with Gasteiger partial charge in [-0.1, -0.05) is 42.5 Å². The monoisotopic (exact) mass is 337 g/mol. The Morgan fingerprint density at radius 1 is 1.00 bits per heavy atom. The number of carboxylic acid groups (broad SMARTS) is 1. The molecule has 4 heteroatoms. The highest BCUT2D eigenvalue weighted by molar-refractivity contribution is 5.87. The molecule has 1 aliphatic rings. The number of hydrogen-bond donors (Lipinski definition) is 1. The maximum atomic E-state index is 12.4. The van der Waals surface area contributed by atoms with E-state index in [1.807, 2.05) is 11.0 Å². The van der Waals surface area contributed by atoms with Crippen molar-refractivity contribution in [3.63, 3.8) is 0 Å². The van der Waals surface area contributed by atoms with Gasteiger partial charge in [-0.25, -0.2) is 4.79 Å². The van der Waals surface area contributed by atoms with E-state index in [1.165, 1.54) is 5.56 Å². The summed E-state index contributed by atoms with van der Waals surface area (Å²) in [6, 6.07) is 17.2. The average Bonchev–Trinajstić information content (AvgIpc) is 3.09. The molecule has 0 aliphatic carbocycles. The SMILES string of the molecule is O=C(O)c1ccc(CCC(=O)N2CCC(Cc3ccccc3)C2)cc1. The number of carbonyl (C=O) groups is 2. The van der Waals surface area contributed by atoms with Crippen molar-refractivity contribution in [2.75, 3.05) is 13.1 Å². The van der Waals surface area contributed by atoms with Crippen LogP contribution in [0.5, 0.6) is 0 Å². The Kier molecular flexibility index (Phi) is 5.49. The molecule has 1 aliphatic heterocycles. The van der Waals surface area contributed by atoms with Crippen LogP contribution >= 0.6 is 0 Å². The molecule has 1 heterocycles. The van der Waals surface area contributed by atoms with Crippen LogP contribution in [0.3, 0.4) is 0 Å². The number of aryl methyl sites for hydroxylation is 1. The van der Waals surface area contributed by atoms with Gasteiger partial charge in [0.05, 0.1) is 5.56 Å². The van der Waals surface area contributed by atoms with Gasteiger partial charge in [0.2, 0.25) is 5.91 Å². The largest absolute Gasteiger partial charge is 0.478 e. The van der Waals surface area contributed by atoms with E-state index in [0.717, 1.165) is 31.5 Å². The zero-order chi connectivity index (χ0) is 17.6. The molecule has 3 rings (SSSR count). The molecule has 1 fully saturated rings. The molecule has 1 atom stereocenters. The lowest BCUT2D eigenvalue weighted by molar-refractivity contribution is -0.130. The van der Waals surface area contributed by atoms with E-state index < -0.39 is 5.97 Å². The molecule has 0 bridgehead atoms. The number of rotatable bonds is 6. The van der Waals surface area contributed by atoms with Gasteiger partial charge in [0.25, 0.3) is 0 Å². The van der Waals surface area contributed by atoms with Crippen LogP contribution in [0.1, 0.15) is 34.3 Å². The second kappa shape index (κ2) is 7.97. The van der Waals surface area contributed by atoms with Gasteiger partial charge in [0, 0.05) is 19.5 Å². The first-order valence-electron chi connectivity index (χ1n) is 8.76. The molecule has 0 radical (unpaired) electrons. The Bertz CT molecular complexity index is 725. The third kappa shape index (κ3) is 4.69. The van der Waals surface area contributed by atoms with Gasteiger partial charge in [-0.3, -0.25) is 4.79 Å². The lowest BCUT2D eigenvalue weighted by atomic mass is 9.99. The first-order valence-corrected chi connectivity index (χ1v) is 8.76. The molecule has 1 saturated heterocycles. The van der Waals surface area contributed by atoms with Crippen LogP contribution < -0.4 is 0 Å². The van der Waals surface area contributed by atoms with Gasteiger partial charge in [0.1, 0.15) is 0 Å². The highest BCUT2D eigenvalue weighted by atomic mass is 16.4. The molecule has 0 spiro atoms. The van der Waals surface area contributed by atoms with Crippen molar-refractivity contribution in [3.05, 3.63) is 71.3 Å². The van der Waals surface area contributed by atoms with E-state index in [-0.39, 0.29) is 11.5 Å². The van der Waals surface area contributed by atoms with Crippen molar-refractivity contribution in [1.82, 2.24) is 4.90 Å². The summed E-state index contributed by atoms with van der Waals surface area (Å²) in [6.45, 7) is 1.68. The minimum atomic E-state index is -0.927. The summed E-state index contributed by atoms with van der Waals surface area (Å²) in [4.78, 5) is 25.2. The van der Waals surface area contributed by atoms with Crippen LogP contribution in [-0.2, 0) is 17.6 Å². The number of nitrogens with zero attached hydrogens (tertiary/aromatic N) is 1.